The minimum Gasteiger partial charge on any atom is -0.369 e. The van der Waals surface area contributed by atoms with Crippen molar-refractivity contribution in [3.8, 4) is 0 Å². The number of halogens is 1. The lowest BCUT2D eigenvalue weighted by Gasteiger charge is -2.00. The summed E-state index contributed by atoms with van der Waals surface area (Å²) in [5.74, 6) is 1.03. The highest BCUT2D eigenvalue weighted by molar-refractivity contribution is 6.30. The van der Waals surface area contributed by atoms with Crippen LogP contribution in [0.2, 0.25) is 5.15 Å². The molecule has 0 aliphatic heterocycles. The van der Waals surface area contributed by atoms with Crippen LogP contribution in [0.3, 0.4) is 0 Å². The molecule has 0 spiro atoms. The third-order valence-electron chi connectivity index (χ3n) is 1.73. The van der Waals surface area contributed by atoms with Gasteiger partial charge in [0.25, 0.3) is 0 Å². The van der Waals surface area contributed by atoms with Gasteiger partial charge in [-0.15, -0.1) is 0 Å². The smallest absolute Gasteiger partial charge is 0.201 e. The number of rotatable bonds is 2. The standard InChI is InChI=1S/C8H14ClN3/c1-5(2)4-6-7(9)12(3)8(10)11-6/h5H,4H2,1-3H3,(H2,10,11). The molecule has 0 unspecified atom stereocenters. The third-order valence-corrected chi connectivity index (χ3v) is 2.20. The van der Waals surface area contributed by atoms with Crippen LogP contribution in [-0.2, 0) is 13.5 Å². The molecule has 0 aromatic carbocycles. The lowest BCUT2D eigenvalue weighted by molar-refractivity contribution is 0.637. The SMILES string of the molecule is CC(C)Cc1nc(N)n(C)c1Cl. The van der Waals surface area contributed by atoms with Crippen LogP contribution in [0.4, 0.5) is 5.95 Å². The fourth-order valence-corrected chi connectivity index (χ4v) is 1.28. The maximum atomic E-state index is 5.98. The van der Waals surface area contributed by atoms with Gasteiger partial charge < -0.3 is 10.3 Å². The molecule has 0 atom stereocenters. The number of nitrogens with two attached hydrogens (primary N) is 1. The molecule has 1 heterocycles. The van der Waals surface area contributed by atoms with Crippen LogP contribution >= 0.6 is 11.6 Å². The Morgan fingerprint density at radius 3 is 2.50 bits per heavy atom. The van der Waals surface area contributed by atoms with Gasteiger partial charge in [-0.25, -0.2) is 4.98 Å². The van der Waals surface area contributed by atoms with E-state index in [9.17, 15) is 0 Å². The zero-order valence-corrected chi connectivity index (χ0v) is 8.39. The average molecular weight is 188 g/mol. The summed E-state index contributed by atoms with van der Waals surface area (Å²) in [6.45, 7) is 4.25. The van der Waals surface area contributed by atoms with Crippen LogP contribution in [0, 0.1) is 5.92 Å². The van der Waals surface area contributed by atoms with Gasteiger partial charge in [-0.05, 0) is 12.3 Å². The van der Waals surface area contributed by atoms with Crippen molar-refractivity contribution in [2.45, 2.75) is 20.3 Å². The first kappa shape index (κ1) is 9.39. The molecule has 1 rings (SSSR count). The van der Waals surface area contributed by atoms with Crippen molar-refractivity contribution in [1.29, 1.82) is 0 Å². The Kier molecular flexibility index (Phi) is 2.62. The second-order valence-corrected chi connectivity index (χ2v) is 3.72. The number of anilines is 1. The molecule has 0 saturated carbocycles. The lowest BCUT2D eigenvalue weighted by atomic mass is 10.1. The molecule has 0 fully saturated rings. The summed E-state index contributed by atoms with van der Waals surface area (Å²) in [5, 5.41) is 0.654. The Balaban J connectivity index is 2.93. The highest BCUT2D eigenvalue weighted by Gasteiger charge is 2.11. The van der Waals surface area contributed by atoms with Crippen LogP contribution < -0.4 is 5.73 Å². The number of hydrogen-bond donors (Lipinski definition) is 1. The molecule has 0 bridgehead atoms. The summed E-state index contributed by atoms with van der Waals surface area (Å²) in [5.41, 5.74) is 6.48. The van der Waals surface area contributed by atoms with E-state index in [4.69, 9.17) is 17.3 Å². The highest BCUT2D eigenvalue weighted by atomic mass is 35.5. The summed E-state index contributed by atoms with van der Waals surface area (Å²) in [4.78, 5) is 4.16. The Labute approximate surface area is 77.5 Å². The highest BCUT2D eigenvalue weighted by Crippen LogP contribution is 2.20. The number of nitrogen functional groups attached to an aromatic ring is 1. The van der Waals surface area contributed by atoms with Gasteiger partial charge in [-0.2, -0.15) is 0 Å². The molecule has 2 N–H and O–H groups in total. The summed E-state index contributed by atoms with van der Waals surface area (Å²) in [6, 6.07) is 0. The molecule has 0 saturated heterocycles. The monoisotopic (exact) mass is 187 g/mol. The molecule has 0 aliphatic rings. The minimum atomic E-state index is 0.482. The van der Waals surface area contributed by atoms with Gasteiger partial charge in [-0.3, -0.25) is 0 Å². The third kappa shape index (κ3) is 1.72. The molecular formula is C8H14ClN3. The van der Waals surface area contributed by atoms with Crippen molar-refractivity contribution in [1.82, 2.24) is 9.55 Å². The summed E-state index contributed by atoms with van der Waals surface area (Å²) >= 11 is 5.98. The number of aromatic nitrogens is 2. The van der Waals surface area contributed by atoms with Gasteiger partial charge in [0.05, 0.1) is 5.69 Å². The molecule has 0 amide bonds. The van der Waals surface area contributed by atoms with Crippen molar-refractivity contribution >= 4 is 17.5 Å². The van der Waals surface area contributed by atoms with Gasteiger partial charge in [0.2, 0.25) is 5.95 Å². The van der Waals surface area contributed by atoms with E-state index in [0.29, 0.717) is 17.0 Å². The summed E-state index contributed by atoms with van der Waals surface area (Å²) in [7, 11) is 1.81. The second kappa shape index (κ2) is 3.35. The molecule has 68 valence electrons. The van der Waals surface area contributed by atoms with Gasteiger partial charge in [0, 0.05) is 7.05 Å². The van der Waals surface area contributed by atoms with E-state index in [1.54, 1.807) is 4.57 Å². The molecule has 0 radical (unpaired) electrons. The van der Waals surface area contributed by atoms with Crippen LogP contribution in [0.1, 0.15) is 19.5 Å². The van der Waals surface area contributed by atoms with E-state index in [0.717, 1.165) is 12.1 Å². The van der Waals surface area contributed by atoms with Crippen molar-refractivity contribution in [3.63, 3.8) is 0 Å². The predicted octanol–water partition coefficient (Wildman–Crippen LogP) is 1.85. The molecule has 0 aliphatic carbocycles. The minimum absolute atomic E-state index is 0.482. The average Bonchev–Trinajstić information content (AvgIpc) is 2.17. The first-order chi connectivity index (χ1) is 5.52. The van der Waals surface area contributed by atoms with Crippen molar-refractivity contribution in [2.24, 2.45) is 13.0 Å². The molecule has 4 heteroatoms. The normalized spacial score (nSPS) is 11.1. The van der Waals surface area contributed by atoms with Gasteiger partial charge in [-0.1, -0.05) is 25.4 Å². The van der Waals surface area contributed by atoms with E-state index < -0.39 is 0 Å². The van der Waals surface area contributed by atoms with Crippen LogP contribution in [0.5, 0.6) is 0 Å². The van der Waals surface area contributed by atoms with E-state index in [-0.39, 0.29) is 0 Å². The number of nitrogens with zero attached hydrogens (tertiary/aromatic N) is 2. The molecule has 3 nitrogen and oxygen atoms in total. The van der Waals surface area contributed by atoms with Crippen LogP contribution in [0.25, 0.3) is 0 Å². The molecule has 1 aromatic heterocycles. The summed E-state index contributed by atoms with van der Waals surface area (Å²) < 4.78 is 1.69. The first-order valence-corrected chi connectivity index (χ1v) is 4.36. The van der Waals surface area contributed by atoms with Crippen LogP contribution in [-0.4, -0.2) is 9.55 Å². The Morgan fingerprint density at radius 2 is 2.17 bits per heavy atom. The number of hydrogen-bond acceptors (Lipinski definition) is 2. The number of imidazole rings is 1. The van der Waals surface area contributed by atoms with E-state index >= 15 is 0 Å². The van der Waals surface area contributed by atoms with E-state index in [1.807, 2.05) is 7.05 Å². The molecule has 12 heavy (non-hydrogen) atoms. The molecule has 1 aromatic rings. The first-order valence-electron chi connectivity index (χ1n) is 3.99. The van der Waals surface area contributed by atoms with Gasteiger partial charge >= 0.3 is 0 Å². The van der Waals surface area contributed by atoms with Gasteiger partial charge in [0.15, 0.2) is 0 Å². The zero-order valence-electron chi connectivity index (χ0n) is 7.63. The van der Waals surface area contributed by atoms with Gasteiger partial charge in [0.1, 0.15) is 5.15 Å². The quantitative estimate of drug-likeness (QED) is 0.768. The van der Waals surface area contributed by atoms with E-state index in [2.05, 4.69) is 18.8 Å². The van der Waals surface area contributed by atoms with Crippen molar-refractivity contribution < 1.29 is 0 Å². The maximum Gasteiger partial charge on any atom is 0.201 e. The van der Waals surface area contributed by atoms with Crippen molar-refractivity contribution in [2.75, 3.05) is 5.73 Å². The zero-order chi connectivity index (χ0) is 9.30. The Bertz CT molecular complexity index is 278. The second-order valence-electron chi connectivity index (χ2n) is 3.36. The van der Waals surface area contributed by atoms with E-state index in [1.165, 1.54) is 0 Å². The summed E-state index contributed by atoms with van der Waals surface area (Å²) in [6.07, 6.45) is 0.879. The Hall–Kier alpha value is -0.700. The topological polar surface area (TPSA) is 43.8 Å². The fourth-order valence-electron chi connectivity index (χ4n) is 1.07. The van der Waals surface area contributed by atoms with Crippen LogP contribution in [0.15, 0.2) is 0 Å². The lowest BCUT2D eigenvalue weighted by Crippen LogP contribution is -1.96. The maximum absolute atomic E-state index is 5.98. The fraction of sp³-hybridized carbons (Fsp3) is 0.625. The predicted molar refractivity (Wildman–Crippen MR) is 51.2 cm³/mol. The largest absolute Gasteiger partial charge is 0.369 e. The van der Waals surface area contributed by atoms with Crippen molar-refractivity contribution in [3.05, 3.63) is 10.8 Å². The molecular weight excluding hydrogens is 174 g/mol. The Morgan fingerprint density at radius 1 is 1.58 bits per heavy atom.